The van der Waals surface area contributed by atoms with E-state index in [2.05, 4.69) is 215 Å². The number of allylic oxidation sites excluding steroid dienone is 10. The molecule has 63 heavy (non-hydrogen) atoms. The molecule has 3 heteroatoms. The molecule has 0 N–H and O–H groups in total. The maximum Gasteiger partial charge on any atom is 0.0583 e. The van der Waals surface area contributed by atoms with Gasteiger partial charge in [0.05, 0.1) is 28.6 Å². The van der Waals surface area contributed by atoms with Crippen molar-refractivity contribution < 1.29 is 0 Å². The third kappa shape index (κ3) is 5.71. The second-order valence-corrected chi connectivity index (χ2v) is 20.5. The molecule has 6 aliphatic rings. The zero-order valence-electron chi connectivity index (χ0n) is 38.1. The molecule has 0 amide bonds. The number of nitrogens with zero attached hydrogens (tertiary/aromatic N) is 3. The summed E-state index contributed by atoms with van der Waals surface area (Å²) in [5.74, 6) is 0.384. The monoisotopic (exact) mass is 819 g/mol. The fourth-order valence-electron chi connectivity index (χ4n) is 12.6. The van der Waals surface area contributed by atoms with E-state index in [1.54, 1.807) is 0 Å². The Morgan fingerprint density at radius 1 is 0.619 bits per heavy atom. The molecular formula is C60H57N3. The molecule has 3 nitrogen and oxygen atoms in total. The Bertz CT molecular complexity index is 3310. The van der Waals surface area contributed by atoms with E-state index in [4.69, 9.17) is 0 Å². The lowest BCUT2D eigenvalue weighted by Gasteiger charge is -2.44. The van der Waals surface area contributed by atoms with Crippen LogP contribution >= 0.6 is 0 Å². The van der Waals surface area contributed by atoms with Gasteiger partial charge in [-0.15, -0.1) is 0 Å². The zero-order chi connectivity index (χ0) is 43.1. The van der Waals surface area contributed by atoms with Gasteiger partial charge in [-0.2, -0.15) is 0 Å². The summed E-state index contributed by atoms with van der Waals surface area (Å²) in [6.45, 7) is 19.0. The highest BCUT2D eigenvalue weighted by Crippen LogP contribution is 2.52. The van der Waals surface area contributed by atoms with Gasteiger partial charge in [0.25, 0.3) is 0 Å². The summed E-state index contributed by atoms with van der Waals surface area (Å²) >= 11 is 0. The first-order valence-corrected chi connectivity index (χ1v) is 23.2. The first-order valence-electron chi connectivity index (χ1n) is 23.2. The van der Waals surface area contributed by atoms with Crippen LogP contribution in [0.25, 0.3) is 39.0 Å². The van der Waals surface area contributed by atoms with E-state index in [-0.39, 0.29) is 22.9 Å². The van der Waals surface area contributed by atoms with Crippen LogP contribution in [-0.2, 0) is 10.8 Å². The van der Waals surface area contributed by atoms with Gasteiger partial charge in [0, 0.05) is 50.1 Å². The largest absolute Gasteiger partial charge is 0.338 e. The lowest BCUT2D eigenvalue weighted by Crippen LogP contribution is -2.49. The van der Waals surface area contributed by atoms with Crippen LogP contribution in [-0.4, -0.2) is 16.7 Å². The van der Waals surface area contributed by atoms with Crippen LogP contribution in [0.1, 0.15) is 88.6 Å². The Hall–Kier alpha value is -6.32. The Balaban J connectivity index is 1.16. The van der Waals surface area contributed by atoms with E-state index in [1.807, 2.05) is 0 Å². The van der Waals surface area contributed by atoms with Crippen LogP contribution in [0.2, 0.25) is 0 Å². The molecule has 0 spiro atoms. The number of hydrogen-bond donors (Lipinski definition) is 0. The van der Waals surface area contributed by atoms with E-state index < -0.39 is 0 Å². The molecule has 0 radical (unpaired) electrons. The molecular weight excluding hydrogens is 763 g/mol. The van der Waals surface area contributed by atoms with Crippen molar-refractivity contribution in [1.82, 2.24) is 4.57 Å². The highest BCUT2D eigenvalue weighted by Gasteiger charge is 2.45. The van der Waals surface area contributed by atoms with E-state index in [9.17, 15) is 0 Å². The van der Waals surface area contributed by atoms with Crippen LogP contribution in [0.3, 0.4) is 0 Å². The zero-order valence-corrected chi connectivity index (χ0v) is 38.1. The first-order chi connectivity index (χ1) is 30.3. The average molecular weight is 820 g/mol. The normalized spacial score (nSPS) is 21.9. The molecule has 3 heterocycles. The minimum atomic E-state index is -0.218. The van der Waals surface area contributed by atoms with Crippen molar-refractivity contribution in [3.63, 3.8) is 0 Å². The van der Waals surface area contributed by atoms with Crippen molar-refractivity contribution in [2.24, 2.45) is 5.92 Å². The van der Waals surface area contributed by atoms with Crippen molar-refractivity contribution in [2.45, 2.75) is 97.6 Å². The average Bonchev–Trinajstić information content (AvgIpc) is 3.58. The summed E-state index contributed by atoms with van der Waals surface area (Å²) in [6, 6.07) is 35.6. The lowest BCUT2D eigenvalue weighted by atomic mass is 9.67. The minimum Gasteiger partial charge on any atom is -0.338 e. The van der Waals surface area contributed by atoms with Gasteiger partial charge in [0.15, 0.2) is 0 Å². The molecule has 2 aliphatic heterocycles. The summed E-state index contributed by atoms with van der Waals surface area (Å²) < 4.78 is 2.72. The summed E-state index contributed by atoms with van der Waals surface area (Å²) in [5.41, 5.74) is 20.1. The molecule has 3 atom stereocenters. The van der Waals surface area contributed by atoms with Crippen molar-refractivity contribution in [2.75, 3.05) is 9.80 Å². The molecule has 0 saturated carbocycles. The van der Waals surface area contributed by atoms with Gasteiger partial charge < -0.3 is 14.4 Å². The topological polar surface area (TPSA) is 11.4 Å². The molecule has 0 bridgehead atoms. The predicted molar refractivity (Wildman–Crippen MR) is 267 cm³/mol. The van der Waals surface area contributed by atoms with Gasteiger partial charge in [-0.3, -0.25) is 0 Å². The molecule has 4 aliphatic carbocycles. The van der Waals surface area contributed by atoms with Crippen molar-refractivity contribution in [1.29, 1.82) is 0 Å². The number of aromatic nitrogens is 1. The van der Waals surface area contributed by atoms with Crippen LogP contribution in [0.5, 0.6) is 0 Å². The highest BCUT2D eigenvalue weighted by molar-refractivity contribution is 5.97. The van der Waals surface area contributed by atoms with E-state index in [0.29, 0.717) is 5.92 Å². The molecule has 1 aromatic heterocycles. The molecule has 5 aromatic carbocycles. The van der Waals surface area contributed by atoms with Gasteiger partial charge >= 0.3 is 0 Å². The minimum absolute atomic E-state index is 0.0855. The van der Waals surface area contributed by atoms with Crippen LogP contribution in [0.4, 0.5) is 17.1 Å². The van der Waals surface area contributed by atoms with Crippen molar-refractivity contribution in [3.8, 4) is 5.69 Å². The summed E-state index contributed by atoms with van der Waals surface area (Å²) in [4.78, 5) is 5.38. The third-order valence-electron chi connectivity index (χ3n) is 15.5. The summed E-state index contributed by atoms with van der Waals surface area (Å²) in [6.07, 6.45) is 24.4. The number of anilines is 3. The molecule has 0 saturated heterocycles. The maximum absolute atomic E-state index is 2.73. The first kappa shape index (κ1) is 38.4. The summed E-state index contributed by atoms with van der Waals surface area (Å²) in [7, 11) is 0. The van der Waals surface area contributed by atoms with E-state index in [1.165, 1.54) is 111 Å². The molecule has 312 valence electrons. The lowest BCUT2D eigenvalue weighted by molar-refractivity contribution is 0.584. The Kier molecular flexibility index (Phi) is 8.28. The third-order valence-corrected chi connectivity index (χ3v) is 15.5. The van der Waals surface area contributed by atoms with Crippen LogP contribution in [0.15, 0.2) is 162 Å². The SMILES string of the molecule is CC1=CC(N(C2=CC=C3C=CC=CC3C2)c2cc3c4c(c2)c2c5n4-c4c(cccc4C3(C)C)C(C)(C)C=5CC(N(c3cc(C)cc(C)c3)c3ccc4ccccc4c3)C=2)CC(C)=C1. The standard InChI is InChI=1S/C60H57N3/c1-36-24-37(2)27-46(26-36)61(44-22-20-40-14-9-11-16-42(40)30-44)48-32-50-51-33-49(62(47-28-38(3)25-39(4)29-47)45-23-21-41-15-10-12-17-43(41)31-45)35-55-57(51)63-56(50)54(34-48)59(5,6)52-18-13-19-53(58(52)63)60(55,7)8/h9-28,30,32-33,35,43,47-48H,29,31,34H2,1-8H3. The number of rotatable bonds is 6. The van der Waals surface area contributed by atoms with Gasteiger partial charge in [-0.05, 0) is 139 Å². The Morgan fingerprint density at radius 3 is 2.16 bits per heavy atom. The second kappa shape index (κ2) is 13.6. The van der Waals surface area contributed by atoms with Gasteiger partial charge in [0.2, 0.25) is 0 Å². The van der Waals surface area contributed by atoms with Crippen LogP contribution < -0.4 is 20.4 Å². The van der Waals surface area contributed by atoms with Crippen molar-refractivity contribution >= 4 is 50.4 Å². The molecule has 6 aromatic rings. The number of hydrogen-bond acceptors (Lipinski definition) is 2. The van der Waals surface area contributed by atoms with Gasteiger partial charge in [0.1, 0.15) is 0 Å². The van der Waals surface area contributed by atoms with Gasteiger partial charge in [-0.25, -0.2) is 0 Å². The second-order valence-electron chi connectivity index (χ2n) is 20.5. The Morgan fingerprint density at radius 2 is 1.37 bits per heavy atom. The number of fused-ring (bicyclic) bond motifs is 3. The maximum atomic E-state index is 2.73. The number of para-hydroxylation sites is 1. The Labute approximate surface area is 372 Å². The van der Waals surface area contributed by atoms with Crippen molar-refractivity contribution in [3.05, 3.63) is 200 Å². The predicted octanol–water partition coefficient (Wildman–Crippen LogP) is 13.3. The summed E-state index contributed by atoms with van der Waals surface area (Å²) in [5, 5.41) is 6.70. The number of aryl methyl sites for hydroxylation is 2. The molecule has 0 fully saturated rings. The fourth-order valence-corrected chi connectivity index (χ4v) is 12.6. The highest BCUT2D eigenvalue weighted by atomic mass is 15.2. The van der Waals surface area contributed by atoms with E-state index >= 15 is 0 Å². The smallest absolute Gasteiger partial charge is 0.0583 e. The fraction of sp³-hybridized carbons (Fsp3) is 0.267. The van der Waals surface area contributed by atoms with E-state index in [0.717, 1.165) is 19.3 Å². The molecule has 3 unspecified atom stereocenters. The quantitative estimate of drug-likeness (QED) is 0.166. The van der Waals surface area contributed by atoms with Gasteiger partial charge in [-0.1, -0.05) is 142 Å². The van der Waals surface area contributed by atoms with Crippen LogP contribution in [0, 0.1) is 19.8 Å². The molecule has 12 rings (SSSR count). The number of benzene rings is 5.